The Morgan fingerprint density at radius 1 is 1.17 bits per heavy atom. The van der Waals surface area contributed by atoms with Gasteiger partial charge in [-0.25, -0.2) is 4.79 Å². The maximum atomic E-state index is 13.1. The van der Waals surface area contributed by atoms with E-state index in [1.54, 1.807) is 14.0 Å². The minimum Gasteiger partial charge on any atom is -0.434 e. The molecule has 7 nitrogen and oxygen atoms in total. The highest BCUT2D eigenvalue weighted by Gasteiger charge is 2.42. The Kier molecular flexibility index (Phi) is 6.59. The Labute approximate surface area is 171 Å². The monoisotopic (exact) mass is 402 g/mol. The van der Waals surface area contributed by atoms with Crippen molar-refractivity contribution in [1.82, 2.24) is 10.4 Å². The van der Waals surface area contributed by atoms with E-state index in [0.717, 1.165) is 48.2 Å². The summed E-state index contributed by atoms with van der Waals surface area (Å²) in [6, 6.07) is 3.71. The zero-order valence-corrected chi connectivity index (χ0v) is 17.8. The summed E-state index contributed by atoms with van der Waals surface area (Å²) in [5, 5.41) is 4.97. The van der Waals surface area contributed by atoms with Crippen molar-refractivity contribution in [1.29, 1.82) is 0 Å². The van der Waals surface area contributed by atoms with E-state index < -0.39 is 6.16 Å². The lowest BCUT2D eigenvalue weighted by Crippen LogP contribution is -2.43. The molecule has 1 unspecified atom stereocenters. The zero-order chi connectivity index (χ0) is 21.1. The Morgan fingerprint density at radius 3 is 2.34 bits per heavy atom. The smallest absolute Gasteiger partial charge is 0.434 e. The first-order chi connectivity index (χ1) is 13.8. The number of amides is 1. The molecule has 2 aliphatic rings. The molecule has 158 valence electrons. The van der Waals surface area contributed by atoms with E-state index in [1.807, 2.05) is 38.0 Å². The van der Waals surface area contributed by atoms with Crippen molar-refractivity contribution in [2.45, 2.75) is 46.6 Å². The minimum atomic E-state index is -0.779. The van der Waals surface area contributed by atoms with Gasteiger partial charge in [-0.2, -0.15) is 5.06 Å². The van der Waals surface area contributed by atoms with Crippen LogP contribution in [0.1, 0.15) is 42.0 Å². The number of benzene rings is 1. The molecular formula is C22H30N2O5. The second kappa shape index (κ2) is 8.97. The molecular weight excluding hydrogens is 372 g/mol. The van der Waals surface area contributed by atoms with Gasteiger partial charge in [-0.3, -0.25) is 4.79 Å². The second-order valence-electron chi connectivity index (χ2n) is 7.70. The summed E-state index contributed by atoms with van der Waals surface area (Å²) in [5.41, 5.74) is 4.34. The molecule has 1 fully saturated rings. The fraction of sp³-hybridized carbons (Fsp3) is 0.545. The molecule has 0 saturated carbocycles. The number of hydrogen-bond donors (Lipinski definition) is 1. The maximum absolute atomic E-state index is 13.1. The van der Waals surface area contributed by atoms with E-state index in [1.165, 1.54) is 0 Å². The highest BCUT2D eigenvalue weighted by Crippen LogP contribution is 2.37. The summed E-state index contributed by atoms with van der Waals surface area (Å²) in [4.78, 5) is 30.5. The molecule has 2 heterocycles. The van der Waals surface area contributed by atoms with E-state index in [4.69, 9.17) is 14.3 Å². The quantitative estimate of drug-likeness (QED) is 0.762. The van der Waals surface area contributed by atoms with E-state index in [-0.39, 0.29) is 24.5 Å². The van der Waals surface area contributed by atoms with Gasteiger partial charge in [0, 0.05) is 13.1 Å². The molecule has 1 N–H and O–H groups in total. The van der Waals surface area contributed by atoms with Crippen LogP contribution in [0.2, 0.25) is 0 Å². The van der Waals surface area contributed by atoms with E-state index in [2.05, 4.69) is 5.32 Å². The van der Waals surface area contributed by atoms with E-state index >= 15 is 0 Å². The fourth-order valence-corrected chi connectivity index (χ4v) is 4.43. The number of ether oxygens (including phenoxy) is 2. The number of carbonyl (C=O) groups is 2. The largest absolute Gasteiger partial charge is 0.513 e. The first-order valence-electron chi connectivity index (χ1n) is 10.1. The summed E-state index contributed by atoms with van der Waals surface area (Å²) in [7, 11) is 1.66. The van der Waals surface area contributed by atoms with Gasteiger partial charge in [-0.05, 0) is 63.1 Å². The molecule has 0 spiro atoms. The molecule has 1 aromatic rings. The highest BCUT2D eigenvalue weighted by molar-refractivity contribution is 6.23. The topological polar surface area (TPSA) is 77.1 Å². The van der Waals surface area contributed by atoms with Gasteiger partial charge < -0.3 is 19.6 Å². The van der Waals surface area contributed by atoms with Gasteiger partial charge in [0.1, 0.15) is 5.76 Å². The second-order valence-corrected chi connectivity index (χ2v) is 7.70. The van der Waals surface area contributed by atoms with Crippen LogP contribution in [0.15, 0.2) is 17.9 Å². The SMILES string of the molecule is CCOC(=O)OC1=C(c2c(C)cc(C)cc2C)C(=O)NC1C1CCN(OC)CC1. The maximum Gasteiger partial charge on any atom is 0.513 e. The lowest BCUT2D eigenvalue weighted by Gasteiger charge is -2.33. The molecule has 29 heavy (non-hydrogen) atoms. The van der Waals surface area contributed by atoms with Crippen LogP contribution in [0.3, 0.4) is 0 Å². The molecule has 1 atom stereocenters. The number of rotatable bonds is 5. The third-order valence-electron chi connectivity index (χ3n) is 5.65. The van der Waals surface area contributed by atoms with Crippen molar-refractivity contribution in [2.75, 3.05) is 26.8 Å². The summed E-state index contributed by atoms with van der Waals surface area (Å²) in [5.74, 6) is 0.316. The highest BCUT2D eigenvalue weighted by atomic mass is 16.7. The van der Waals surface area contributed by atoms with Gasteiger partial charge in [0.15, 0.2) is 0 Å². The van der Waals surface area contributed by atoms with Crippen molar-refractivity contribution >= 4 is 17.6 Å². The van der Waals surface area contributed by atoms with Crippen LogP contribution >= 0.6 is 0 Å². The fourth-order valence-electron chi connectivity index (χ4n) is 4.43. The van der Waals surface area contributed by atoms with Gasteiger partial charge in [-0.15, -0.1) is 0 Å². The van der Waals surface area contributed by atoms with Crippen LogP contribution in [0.4, 0.5) is 4.79 Å². The Morgan fingerprint density at radius 2 is 1.79 bits per heavy atom. The predicted octanol–water partition coefficient (Wildman–Crippen LogP) is 3.27. The van der Waals surface area contributed by atoms with Crippen molar-refractivity contribution in [3.8, 4) is 0 Å². The van der Waals surface area contributed by atoms with Gasteiger partial charge >= 0.3 is 6.16 Å². The number of hydroxylamine groups is 2. The first-order valence-corrected chi connectivity index (χ1v) is 10.1. The van der Waals surface area contributed by atoms with Crippen molar-refractivity contribution in [3.05, 3.63) is 40.1 Å². The minimum absolute atomic E-state index is 0.151. The molecule has 0 aromatic heterocycles. The molecule has 1 saturated heterocycles. The number of aryl methyl sites for hydroxylation is 3. The van der Waals surface area contributed by atoms with E-state index in [0.29, 0.717) is 11.3 Å². The Hall–Kier alpha value is -2.38. The molecule has 1 amide bonds. The Balaban J connectivity index is 2.02. The molecule has 0 radical (unpaired) electrons. The standard InChI is InChI=1S/C22H30N2O5/c1-6-28-22(26)29-20-18(17-14(3)11-13(2)12-15(17)4)21(25)23-19(20)16-7-9-24(27-5)10-8-16/h11-12,16,19H,6-10H2,1-5H3,(H,23,25). The normalized spacial score (nSPS) is 20.7. The third-order valence-corrected chi connectivity index (χ3v) is 5.65. The van der Waals surface area contributed by atoms with Gasteiger partial charge in [0.05, 0.1) is 25.3 Å². The zero-order valence-electron chi connectivity index (χ0n) is 17.8. The summed E-state index contributed by atoms with van der Waals surface area (Å²) in [6.45, 7) is 9.43. The lowest BCUT2D eigenvalue weighted by atomic mass is 9.87. The molecule has 0 bridgehead atoms. The van der Waals surface area contributed by atoms with Crippen LogP contribution in [0.25, 0.3) is 5.57 Å². The predicted molar refractivity (Wildman–Crippen MR) is 109 cm³/mol. The number of hydrogen-bond acceptors (Lipinski definition) is 6. The summed E-state index contributed by atoms with van der Waals surface area (Å²) in [6.07, 6.45) is 0.875. The van der Waals surface area contributed by atoms with Gasteiger partial charge in [0.2, 0.25) is 0 Å². The number of carbonyl (C=O) groups excluding carboxylic acids is 2. The van der Waals surface area contributed by atoms with E-state index in [9.17, 15) is 9.59 Å². The molecule has 0 aliphatic carbocycles. The van der Waals surface area contributed by atoms with Crippen LogP contribution < -0.4 is 5.32 Å². The third kappa shape index (κ3) is 4.46. The van der Waals surface area contributed by atoms with Gasteiger partial charge in [0.25, 0.3) is 5.91 Å². The molecule has 2 aliphatic heterocycles. The van der Waals surface area contributed by atoms with Crippen molar-refractivity contribution in [2.24, 2.45) is 5.92 Å². The molecule has 3 rings (SSSR count). The van der Waals surface area contributed by atoms with Crippen molar-refractivity contribution in [3.63, 3.8) is 0 Å². The number of nitrogens with zero attached hydrogens (tertiary/aromatic N) is 1. The van der Waals surface area contributed by atoms with Crippen molar-refractivity contribution < 1.29 is 23.9 Å². The summed E-state index contributed by atoms with van der Waals surface area (Å²) >= 11 is 0. The average molecular weight is 402 g/mol. The van der Waals surface area contributed by atoms with Gasteiger partial charge in [-0.1, -0.05) is 17.7 Å². The first kappa shape index (κ1) is 21.3. The average Bonchev–Trinajstić information content (AvgIpc) is 2.97. The van der Waals surface area contributed by atoms with Crippen LogP contribution in [0, 0.1) is 26.7 Å². The van der Waals surface area contributed by atoms with Crippen LogP contribution in [0.5, 0.6) is 0 Å². The number of piperidine rings is 1. The molecule has 7 heteroatoms. The molecule has 1 aromatic carbocycles. The summed E-state index contributed by atoms with van der Waals surface area (Å²) < 4.78 is 10.6. The number of nitrogens with one attached hydrogen (secondary N) is 1. The van der Waals surface area contributed by atoms with Crippen LogP contribution in [-0.4, -0.2) is 50.0 Å². The Bertz CT molecular complexity index is 801. The lowest BCUT2D eigenvalue weighted by molar-refractivity contribution is -0.149. The van der Waals surface area contributed by atoms with Crippen LogP contribution in [-0.2, 0) is 19.1 Å².